The number of aryl methyl sites for hydroxylation is 1. The van der Waals surface area contributed by atoms with Crippen LogP contribution in [-0.2, 0) is 17.6 Å². The third-order valence-electron chi connectivity index (χ3n) is 9.41. The maximum Gasteiger partial charge on any atom is 0.259 e. The van der Waals surface area contributed by atoms with Crippen molar-refractivity contribution in [3.05, 3.63) is 87.6 Å². The van der Waals surface area contributed by atoms with Crippen LogP contribution in [0, 0.1) is 11.3 Å². The molecule has 0 spiro atoms. The average Bonchev–Trinajstić information content (AvgIpc) is 3.48. The Morgan fingerprint density at radius 2 is 1.88 bits per heavy atom. The van der Waals surface area contributed by atoms with Crippen molar-refractivity contribution in [2.24, 2.45) is 0 Å². The molecular formula is C34H39N5O3. The van der Waals surface area contributed by atoms with Gasteiger partial charge in [0.15, 0.2) is 0 Å². The Balaban J connectivity index is 1.34. The number of aliphatic hydroxyl groups is 1. The van der Waals surface area contributed by atoms with E-state index >= 15 is 0 Å². The van der Waals surface area contributed by atoms with Gasteiger partial charge in [-0.2, -0.15) is 15.3 Å². The summed E-state index contributed by atoms with van der Waals surface area (Å²) in [7, 11) is 0. The standard InChI is InChI=1S/C34H39N5O3/c1-3-9-31-29(20-25-12-7-13-28(30(25)21-35)24-10-5-4-6-11-24)32(40)38(33-36-22-37-39(31)33)26-14-16-27(17-15-26)42-23(2)34(41)18-8-19-34/h4-7,10-13,22-23,26-27,41H,3,8-9,14-20H2,1-2H3. The second-order valence-electron chi connectivity index (χ2n) is 12.0. The van der Waals surface area contributed by atoms with Crippen LogP contribution in [0.1, 0.15) is 93.6 Å². The molecule has 1 unspecified atom stereocenters. The number of nitriles is 1. The highest BCUT2D eigenvalue weighted by atomic mass is 16.5. The van der Waals surface area contributed by atoms with E-state index in [2.05, 4.69) is 23.1 Å². The molecule has 2 aliphatic carbocycles. The van der Waals surface area contributed by atoms with E-state index < -0.39 is 5.60 Å². The van der Waals surface area contributed by atoms with E-state index in [0.717, 1.165) is 73.8 Å². The molecule has 1 N–H and O–H groups in total. The van der Waals surface area contributed by atoms with Gasteiger partial charge in [-0.3, -0.25) is 9.36 Å². The number of fused-ring (bicyclic) bond motifs is 1. The zero-order valence-electron chi connectivity index (χ0n) is 24.5. The Labute approximate surface area is 246 Å². The van der Waals surface area contributed by atoms with Gasteiger partial charge in [-0.25, -0.2) is 4.52 Å². The highest BCUT2D eigenvalue weighted by molar-refractivity contribution is 5.72. The van der Waals surface area contributed by atoms with Crippen molar-refractivity contribution in [2.45, 2.75) is 102 Å². The van der Waals surface area contributed by atoms with Gasteiger partial charge in [-0.15, -0.1) is 0 Å². The van der Waals surface area contributed by atoms with Crippen molar-refractivity contribution in [1.29, 1.82) is 5.26 Å². The molecule has 6 rings (SSSR count). The molecule has 0 saturated heterocycles. The molecule has 8 heteroatoms. The van der Waals surface area contributed by atoms with Crippen LogP contribution < -0.4 is 5.56 Å². The first-order chi connectivity index (χ1) is 20.4. The first kappa shape index (κ1) is 28.3. The minimum Gasteiger partial charge on any atom is -0.387 e. The van der Waals surface area contributed by atoms with Gasteiger partial charge in [-0.05, 0) is 75.0 Å². The number of hydrogen-bond donors (Lipinski definition) is 1. The summed E-state index contributed by atoms with van der Waals surface area (Å²) in [5.41, 5.74) is 4.08. The average molecular weight is 566 g/mol. The Hall–Kier alpha value is -3.80. The number of nitrogens with zero attached hydrogens (tertiary/aromatic N) is 5. The summed E-state index contributed by atoms with van der Waals surface area (Å²) < 4.78 is 9.99. The van der Waals surface area contributed by atoms with E-state index in [4.69, 9.17) is 4.74 Å². The molecule has 0 radical (unpaired) electrons. The van der Waals surface area contributed by atoms with E-state index in [1.807, 2.05) is 64.5 Å². The van der Waals surface area contributed by atoms with Gasteiger partial charge in [0.05, 0.1) is 29.1 Å². The van der Waals surface area contributed by atoms with Crippen molar-refractivity contribution in [1.82, 2.24) is 19.2 Å². The Morgan fingerprint density at radius 1 is 1.12 bits per heavy atom. The van der Waals surface area contributed by atoms with Crippen LogP contribution in [0.2, 0.25) is 0 Å². The summed E-state index contributed by atoms with van der Waals surface area (Å²) >= 11 is 0. The number of aromatic nitrogens is 4. The maximum absolute atomic E-state index is 14.4. The molecule has 2 aromatic carbocycles. The molecule has 2 aliphatic rings. The molecular weight excluding hydrogens is 526 g/mol. The lowest BCUT2D eigenvalue weighted by Crippen LogP contribution is -2.49. The summed E-state index contributed by atoms with van der Waals surface area (Å²) in [5, 5.41) is 25.5. The highest BCUT2D eigenvalue weighted by Gasteiger charge is 2.42. The smallest absolute Gasteiger partial charge is 0.259 e. The zero-order valence-corrected chi connectivity index (χ0v) is 24.5. The normalized spacial score (nSPS) is 20.6. The van der Waals surface area contributed by atoms with E-state index in [-0.39, 0.29) is 23.8 Å². The lowest BCUT2D eigenvalue weighted by Gasteiger charge is -2.43. The highest BCUT2D eigenvalue weighted by Crippen LogP contribution is 2.39. The second-order valence-corrected chi connectivity index (χ2v) is 12.0. The van der Waals surface area contributed by atoms with Crippen molar-refractivity contribution in [2.75, 3.05) is 0 Å². The van der Waals surface area contributed by atoms with Gasteiger partial charge < -0.3 is 9.84 Å². The van der Waals surface area contributed by atoms with Crippen LogP contribution in [0.25, 0.3) is 16.9 Å². The Bertz CT molecular complexity index is 1660. The maximum atomic E-state index is 14.4. The van der Waals surface area contributed by atoms with Gasteiger partial charge >= 0.3 is 0 Å². The van der Waals surface area contributed by atoms with Crippen molar-refractivity contribution in [3.8, 4) is 17.2 Å². The molecule has 2 aromatic heterocycles. The SMILES string of the molecule is CCCc1c(Cc2cccc(-c3ccccc3)c2C#N)c(=O)n(C2CCC(OC(C)C3(O)CCC3)CC2)c2ncnn12. The summed E-state index contributed by atoms with van der Waals surface area (Å²) in [5.74, 6) is 0.576. The van der Waals surface area contributed by atoms with E-state index in [1.165, 1.54) is 6.33 Å². The molecule has 42 heavy (non-hydrogen) atoms. The fourth-order valence-electron chi connectivity index (χ4n) is 6.81. The number of benzene rings is 2. The molecule has 2 heterocycles. The predicted molar refractivity (Wildman–Crippen MR) is 161 cm³/mol. The first-order valence-corrected chi connectivity index (χ1v) is 15.3. The third-order valence-corrected chi connectivity index (χ3v) is 9.41. The van der Waals surface area contributed by atoms with E-state index in [0.29, 0.717) is 29.7 Å². The summed E-state index contributed by atoms with van der Waals surface area (Å²) in [4.78, 5) is 19.0. The largest absolute Gasteiger partial charge is 0.387 e. The van der Waals surface area contributed by atoms with Gasteiger partial charge in [-0.1, -0.05) is 61.9 Å². The van der Waals surface area contributed by atoms with E-state index in [9.17, 15) is 15.2 Å². The summed E-state index contributed by atoms with van der Waals surface area (Å²) in [6.45, 7) is 4.08. The minimum atomic E-state index is -0.689. The molecule has 4 aromatic rings. The van der Waals surface area contributed by atoms with E-state index in [1.54, 1.807) is 0 Å². The fourth-order valence-corrected chi connectivity index (χ4v) is 6.81. The third kappa shape index (κ3) is 5.16. The number of rotatable bonds is 9. The molecule has 2 fully saturated rings. The van der Waals surface area contributed by atoms with Gasteiger partial charge in [0, 0.05) is 18.0 Å². The quantitative estimate of drug-likeness (QED) is 0.276. The Morgan fingerprint density at radius 3 is 2.55 bits per heavy atom. The molecule has 8 nitrogen and oxygen atoms in total. The van der Waals surface area contributed by atoms with Crippen LogP contribution in [0.4, 0.5) is 0 Å². The van der Waals surface area contributed by atoms with Gasteiger partial charge in [0.2, 0.25) is 5.78 Å². The number of hydrogen-bond acceptors (Lipinski definition) is 6. The predicted octanol–water partition coefficient (Wildman–Crippen LogP) is 5.78. The molecule has 2 saturated carbocycles. The van der Waals surface area contributed by atoms with Crippen LogP contribution in [0.15, 0.2) is 59.7 Å². The van der Waals surface area contributed by atoms with Crippen LogP contribution >= 0.6 is 0 Å². The monoisotopic (exact) mass is 565 g/mol. The van der Waals surface area contributed by atoms with Crippen molar-refractivity contribution in [3.63, 3.8) is 0 Å². The molecule has 0 amide bonds. The molecule has 0 aliphatic heterocycles. The minimum absolute atomic E-state index is 0.0216. The van der Waals surface area contributed by atoms with Crippen LogP contribution in [0.3, 0.4) is 0 Å². The second kappa shape index (κ2) is 11.8. The summed E-state index contributed by atoms with van der Waals surface area (Å²) in [6, 6.07) is 18.2. The lowest BCUT2D eigenvalue weighted by atomic mass is 9.76. The summed E-state index contributed by atoms with van der Waals surface area (Å²) in [6.07, 6.45) is 9.19. The fraction of sp³-hybridized carbons (Fsp3) is 0.471. The van der Waals surface area contributed by atoms with Crippen LogP contribution in [-0.4, -0.2) is 42.1 Å². The van der Waals surface area contributed by atoms with Crippen LogP contribution in [0.5, 0.6) is 0 Å². The lowest BCUT2D eigenvalue weighted by molar-refractivity contribution is -0.167. The topological polar surface area (TPSA) is 105 Å². The van der Waals surface area contributed by atoms with Gasteiger partial charge in [0.25, 0.3) is 5.56 Å². The zero-order chi connectivity index (χ0) is 29.3. The first-order valence-electron chi connectivity index (χ1n) is 15.3. The van der Waals surface area contributed by atoms with Crippen molar-refractivity contribution >= 4 is 5.78 Å². The molecule has 218 valence electrons. The Kier molecular flexibility index (Phi) is 7.98. The molecule has 0 bridgehead atoms. The van der Waals surface area contributed by atoms with Crippen molar-refractivity contribution < 1.29 is 9.84 Å². The molecule has 1 atom stereocenters. The number of ether oxygens (including phenoxy) is 1. The van der Waals surface area contributed by atoms with Gasteiger partial charge in [0.1, 0.15) is 12.4 Å².